The second-order valence-electron chi connectivity index (χ2n) is 5.56. The van der Waals surface area contributed by atoms with Crippen LogP contribution in [-0.4, -0.2) is 24.0 Å². The molecule has 1 heterocycles. The van der Waals surface area contributed by atoms with Gasteiger partial charge in [-0.25, -0.2) is 0 Å². The van der Waals surface area contributed by atoms with Crippen LogP contribution in [-0.2, 0) is 6.42 Å². The molecular weight excluding hydrogens is 286 g/mol. The summed E-state index contributed by atoms with van der Waals surface area (Å²) in [6.07, 6.45) is 5.82. The van der Waals surface area contributed by atoms with Gasteiger partial charge in [0, 0.05) is 25.0 Å². The van der Waals surface area contributed by atoms with Crippen LogP contribution in [0.15, 0.2) is 48.7 Å². The molecule has 2 rings (SSSR count). The zero-order chi connectivity index (χ0) is 16.3. The fourth-order valence-electron chi connectivity index (χ4n) is 2.30. The highest BCUT2D eigenvalue weighted by Gasteiger charge is 2.06. The number of amides is 1. The molecule has 122 valence electrons. The summed E-state index contributed by atoms with van der Waals surface area (Å²) < 4.78 is 0. The number of pyridine rings is 1. The second-order valence-corrected chi connectivity index (χ2v) is 5.56. The van der Waals surface area contributed by atoms with Crippen molar-refractivity contribution in [2.45, 2.75) is 32.6 Å². The lowest BCUT2D eigenvalue weighted by atomic mass is 10.1. The molecule has 0 aliphatic carbocycles. The molecule has 0 unspecified atom stereocenters. The summed E-state index contributed by atoms with van der Waals surface area (Å²) >= 11 is 0. The molecule has 0 bridgehead atoms. The molecule has 4 heteroatoms. The Bertz CT molecular complexity index is 599. The molecule has 1 amide bonds. The number of hydrogen-bond acceptors (Lipinski definition) is 3. The third kappa shape index (κ3) is 6.10. The summed E-state index contributed by atoms with van der Waals surface area (Å²) in [5.41, 5.74) is 2.75. The van der Waals surface area contributed by atoms with E-state index in [1.165, 1.54) is 5.56 Å². The molecule has 2 N–H and O–H groups in total. The minimum atomic E-state index is -0.105. The Kier molecular flexibility index (Phi) is 7.11. The van der Waals surface area contributed by atoms with Crippen molar-refractivity contribution in [2.24, 2.45) is 0 Å². The lowest BCUT2D eigenvalue weighted by Crippen LogP contribution is -2.25. The van der Waals surface area contributed by atoms with Crippen LogP contribution in [0, 0.1) is 0 Å². The minimum absolute atomic E-state index is 0.105. The zero-order valence-corrected chi connectivity index (χ0v) is 13.7. The Balaban J connectivity index is 1.77. The second kappa shape index (κ2) is 9.62. The molecule has 0 fully saturated rings. The first kappa shape index (κ1) is 17.0. The van der Waals surface area contributed by atoms with Crippen LogP contribution in [0.3, 0.4) is 0 Å². The largest absolute Gasteiger partial charge is 0.385 e. The maximum Gasteiger partial charge on any atom is 0.269 e. The van der Waals surface area contributed by atoms with E-state index in [0.717, 1.165) is 37.9 Å². The molecule has 1 aromatic heterocycles. The molecule has 0 radical (unpaired) electrons. The van der Waals surface area contributed by atoms with Crippen molar-refractivity contribution in [3.05, 3.63) is 59.9 Å². The number of hydrogen-bond donors (Lipinski definition) is 2. The molecule has 0 saturated carbocycles. The molecule has 2 aromatic rings. The van der Waals surface area contributed by atoms with Gasteiger partial charge < -0.3 is 10.6 Å². The van der Waals surface area contributed by atoms with Crippen LogP contribution < -0.4 is 10.6 Å². The lowest BCUT2D eigenvalue weighted by molar-refractivity contribution is 0.0948. The van der Waals surface area contributed by atoms with E-state index in [1.54, 1.807) is 6.20 Å². The summed E-state index contributed by atoms with van der Waals surface area (Å²) in [6.45, 7) is 3.67. The van der Waals surface area contributed by atoms with Crippen molar-refractivity contribution in [3.63, 3.8) is 0 Å². The van der Waals surface area contributed by atoms with Gasteiger partial charge in [0.1, 0.15) is 5.69 Å². The van der Waals surface area contributed by atoms with Crippen molar-refractivity contribution in [2.75, 3.05) is 18.4 Å². The van der Waals surface area contributed by atoms with Gasteiger partial charge in [-0.15, -0.1) is 0 Å². The Labute approximate surface area is 138 Å². The van der Waals surface area contributed by atoms with E-state index < -0.39 is 0 Å². The first-order valence-corrected chi connectivity index (χ1v) is 8.31. The first-order valence-electron chi connectivity index (χ1n) is 8.31. The Morgan fingerprint density at radius 2 is 1.91 bits per heavy atom. The highest BCUT2D eigenvalue weighted by atomic mass is 16.1. The average molecular weight is 311 g/mol. The van der Waals surface area contributed by atoms with E-state index in [0.29, 0.717) is 12.2 Å². The Morgan fingerprint density at radius 3 is 2.70 bits per heavy atom. The SMILES string of the molecule is CCCCNC(=O)c1cc(NCCCc2ccccc2)ccn1. The molecule has 0 aliphatic rings. The number of benzene rings is 1. The fraction of sp³-hybridized carbons (Fsp3) is 0.368. The summed E-state index contributed by atoms with van der Waals surface area (Å²) in [5.74, 6) is -0.105. The van der Waals surface area contributed by atoms with Crippen LogP contribution in [0.25, 0.3) is 0 Å². The Morgan fingerprint density at radius 1 is 1.09 bits per heavy atom. The standard InChI is InChI=1S/C19H25N3O/c1-2-3-12-22-19(23)18-15-17(11-14-21-18)20-13-7-10-16-8-5-4-6-9-16/h4-6,8-9,11,14-15H,2-3,7,10,12-13H2,1H3,(H,20,21)(H,22,23). The van der Waals surface area contributed by atoms with Gasteiger partial charge in [-0.2, -0.15) is 0 Å². The van der Waals surface area contributed by atoms with Crippen LogP contribution in [0.2, 0.25) is 0 Å². The topological polar surface area (TPSA) is 54.0 Å². The van der Waals surface area contributed by atoms with E-state index in [4.69, 9.17) is 0 Å². The highest BCUT2D eigenvalue weighted by molar-refractivity contribution is 5.93. The number of nitrogens with one attached hydrogen (secondary N) is 2. The van der Waals surface area contributed by atoms with E-state index in [-0.39, 0.29) is 5.91 Å². The minimum Gasteiger partial charge on any atom is -0.385 e. The molecule has 1 aromatic carbocycles. The number of aromatic nitrogens is 1. The monoisotopic (exact) mass is 311 g/mol. The van der Waals surface area contributed by atoms with Gasteiger partial charge in [-0.1, -0.05) is 43.7 Å². The summed E-state index contributed by atoms with van der Waals surface area (Å²) in [5, 5.41) is 6.24. The fourth-order valence-corrected chi connectivity index (χ4v) is 2.30. The van der Waals surface area contributed by atoms with Gasteiger partial charge >= 0.3 is 0 Å². The van der Waals surface area contributed by atoms with Gasteiger partial charge in [-0.05, 0) is 37.0 Å². The number of aryl methyl sites for hydroxylation is 1. The predicted octanol–water partition coefficient (Wildman–Crippen LogP) is 3.66. The number of rotatable bonds is 9. The number of unbranched alkanes of at least 4 members (excludes halogenated alkanes) is 1. The number of anilines is 1. The normalized spacial score (nSPS) is 10.3. The van der Waals surface area contributed by atoms with E-state index in [9.17, 15) is 4.79 Å². The molecular formula is C19H25N3O. The number of carbonyl (C=O) groups is 1. The summed E-state index contributed by atoms with van der Waals surface area (Å²) in [7, 11) is 0. The first-order chi connectivity index (χ1) is 11.3. The summed E-state index contributed by atoms with van der Waals surface area (Å²) in [4.78, 5) is 16.1. The van der Waals surface area contributed by atoms with E-state index in [1.807, 2.05) is 18.2 Å². The van der Waals surface area contributed by atoms with E-state index >= 15 is 0 Å². The van der Waals surface area contributed by atoms with E-state index in [2.05, 4.69) is 46.8 Å². The molecule has 0 aliphatic heterocycles. The average Bonchev–Trinajstić information content (AvgIpc) is 2.60. The molecule has 0 atom stereocenters. The van der Waals surface area contributed by atoms with Gasteiger partial charge in [0.05, 0.1) is 0 Å². The van der Waals surface area contributed by atoms with Crippen molar-refractivity contribution in [3.8, 4) is 0 Å². The van der Waals surface area contributed by atoms with Gasteiger partial charge in [0.2, 0.25) is 0 Å². The van der Waals surface area contributed by atoms with Crippen molar-refractivity contribution in [1.82, 2.24) is 10.3 Å². The van der Waals surface area contributed by atoms with Gasteiger partial charge in [-0.3, -0.25) is 9.78 Å². The maximum absolute atomic E-state index is 12.0. The number of nitrogens with zero attached hydrogens (tertiary/aromatic N) is 1. The van der Waals surface area contributed by atoms with Crippen LogP contribution >= 0.6 is 0 Å². The molecule has 0 spiro atoms. The smallest absolute Gasteiger partial charge is 0.269 e. The van der Waals surface area contributed by atoms with Crippen LogP contribution in [0.1, 0.15) is 42.2 Å². The van der Waals surface area contributed by atoms with Crippen LogP contribution in [0.5, 0.6) is 0 Å². The molecule has 23 heavy (non-hydrogen) atoms. The zero-order valence-electron chi connectivity index (χ0n) is 13.7. The number of carbonyl (C=O) groups excluding carboxylic acids is 1. The third-order valence-electron chi connectivity index (χ3n) is 3.62. The predicted molar refractivity (Wildman–Crippen MR) is 94.7 cm³/mol. The van der Waals surface area contributed by atoms with Crippen molar-refractivity contribution in [1.29, 1.82) is 0 Å². The summed E-state index contributed by atoms with van der Waals surface area (Å²) in [6, 6.07) is 14.2. The lowest BCUT2D eigenvalue weighted by Gasteiger charge is -2.08. The van der Waals surface area contributed by atoms with Gasteiger partial charge in [0.25, 0.3) is 5.91 Å². The van der Waals surface area contributed by atoms with Crippen LogP contribution in [0.4, 0.5) is 5.69 Å². The highest BCUT2D eigenvalue weighted by Crippen LogP contribution is 2.09. The van der Waals surface area contributed by atoms with Crippen molar-refractivity contribution >= 4 is 11.6 Å². The van der Waals surface area contributed by atoms with Gasteiger partial charge in [0.15, 0.2) is 0 Å². The quantitative estimate of drug-likeness (QED) is 0.695. The Hall–Kier alpha value is -2.36. The van der Waals surface area contributed by atoms with Crippen molar-refractivity contribution < 1.29 is 4.79 Å². The maximum atomic E-state index is 12.0. The molecule has 0 saturated heterocycles. The molecule has 4 nitrogen and oxygen atoms in total. The third-order valence-corrected chi connectivity index (χ3v) is 3.62.